The second-order valence-corrected chi connectivity index (χ2v) is 4.86. The normalized spacial score (nSPS) is 11.7. The molecule has 0 saturated carbocycles. The van der Waals surface area contributed by atoms with Crippen molar-refractivity contribution in [1.82, 2.24) is 9.78 Å². The van der Waals surface area contributed by atoms with Crippen LogP contribution in [0.2, 0.25) is 0 Å². The average molecular weight is 307 g/mol. The predicted molar refractivity (Wildman–Crippen MR) is 85.4 cm³/mol. The molecule has 0 aliphatic carbocycles. The summed E-state index contributed by atoms with van der Waals surface area (Å²) in [6.07, 6.45) is 1.85. The number of rotatable bonds is 6. The highest BCUT2D eigenvalue weighted by atomic mass is 35.5. The van der Waals surface area contributed by atoms with Crippen LogP contribution in [0, 0.1) is 6.92 Å². The van der Waals surface area contributed by atoms with Crippen LogP contribution in [0.3, 0.4) is 0 Å². The fraction of sp³-hybridized carbons (Fsp3) is 0.333. The highest BCUT2D eigenvalue weighted by Crippen LogP contribution is 2.19. The van der Waals surface area contributed by atoms with E-state index in [1.807, 2.05) is 42.1 Å². The highest BCUT2D eigenvalue weighted by molar-refractivity contribution is 6.28. The first kappa shape index (κ1) is 15.4. The molecule has 0 amide bonds. The number of amidine groups is 1. The largest absolute Gasteiger partial charge is 0.489 e. The van der Waals surface area contributed by atoms with Gasteiger partial charge in [-0.2, -0.15) is 5.10 Å². The maximum atomic E-state index is 5.76. The van der Waals surface area contributed by atoms with Crippen LogP contribution in [0.5, 0.6) is 5.75 Å². The minimum Gasteiger partial charge on any atom is -0.489 e. The molecular weight excluding hydrogens is 288 g/mol. The summed E-state index contributed by atoms with van der Waals surface area (Å²) in [7, 11) is 0. The van der Waals surface area contributed by atoms with E-state index in [4.69, 9.17) is 22.1 Å². The quantitative estimate of drug-likeness (QED) is 0.507. The Labute approximate surface area is 129 Å². The standard InChI is InChI=1S/C15H19ClN4O/c1-3-20-11(2)12(9-18-20)10-21-14-6-4-13(5-7-14)19-15(17)8-16/h4-7,9H,3,8,10H2,1-2H3,(H2,17,19). The lowest BCUT2D eigenvalue weighted by Crippen LogP contribution is -2.12. The smallest absolute Gasteiger partial charge is 0.119 e. The van der Waals surface area contributed by atoms with Crippen LogP contribution < -0.4 is 10.5 Å². The number of aliphatic imine (C=N–C) groups is 1. The van der Waals surface area contributed by atoms with E-state index in [2.05, 4.69) is 17.0 Å². The van der Waals surface area contributed by atoms with Crippen molar-refractivity contribution in [1.29, 1.82) is 0 Å². The Morgan fingerprint density at radius 1 is 1.38 bits per heavy atom. The number of ether oxygens (including phenoxy) is 1. The Morgan fingerprint density at radius 2 is 2.10 bits per heavy atom. The lowest BCUT2D eigenvalue weighted by Gasteiger charge is -2.06. The third-order valence-electron chi connectivity index (χ3n) is 3.15. The van der Waals surface area contributed by atoms with Crippen molar-refractivity contribution in [2.75, 3.05) is 5.88 Å². The molecule has 0 radical (unpaired) electrons. The molecule has 6 heteroatoms. The monoisotopic (exact) mass is 306 g/mol. The van der Waals surface area contributed by atoms with Crippen LogP contribution in [-0.4, -0.2) is 21.5 Å². The van der Waals surface area contributed by atoms with Gasteiger partial charge in [0.1, 0.15) is 18.2 Å². The summed E-state index contributed by atoms with van der Waals surface area (Å²) in [5, 5.41) is 4.30. The number of hydrogen-bond acceptors (Lipinski definition) is 3. The number of nitrogens with two attached hydrogens (primary N) is 1. The molecule has 0 unspecified atom stereocenters. The maximum Gasteiger partial charge on any atom is 0.119 e. The van der Waals surface area contributed by atoms with Crippen molar-refractivity contribution in [2.45, 2.75) is 27.0 Å². The molecule has 5 nitrogen and oxygen atoms in total. The van der Waals surface area contributed by atoms with E-state index in [1.54, 1.807) is 0 Å². The lowest BCUT2D eigenvalue weighted by atomic mass is 10.2. The van der Waals surface area contributed by atoms with E-state index in [0.29, 0.717) is 12.4 Å². The van der Waals surface area contributed by atoms with Gasteiger partial charge in [-0.05, 0) is 38.1 Å². The zero-order chi connectivity index (χ0) is 15.2. The number of aryl methyl sites for hydroxylation is 1. The molecule has 1 heterocycles. The minimum absolute atomic E-state index is 0.221. The number of aromatic nitrogens is 2. The Morgan fingerprint density at radius 3 is 2.67 bits per heavy atom. The molecule has 2 rings (SSSR count). The van der Waals surface area contributed by atoms with Crippen LogP contribution in [-0.2, 0) is 13.2 Å². The Hall–Kier alpha value is -2.01. The zero-order valence-corrected chi connectivity index (χ0v) is 13.0. The van der Waals surface area contributed by atoms with Crippen molar-refractivity contribution in [3.63, 3.8) is 0 Å². The van der Waals surface area contributed by atoms with Crippen LogP contribution in [0.25, 0.3) is 0 Å². The van der Waals surface area contributed by atoms with Crippen LogP contribution in [0.15, 0.2) is 35.5 Å². The molecule has 0 spiro atoms. The Balaban J connectivity index is 1.99. The molecule has 112 valence electrons. The Kier molecular flexibility index (Phi) is 5.22. The summed E-state index contributed by atoms with van der Waals surface area (Å²) in [5.74, 6) is 1.40. The maximum absolute atomic E-state index is 5.76. The van der Waals surface area contributed by atoms with Gasteiger partial charge in [-0.1, -0.05) is 0 Å². The van der Waals surface area contributed by atoms with E-state index in [9.17, 15) is 0 Å². The van der Waals surface area contributed by atoms with Crippen molar-refractivity contribution in [3.05, 3.63) is 41.7 Å². The second-order valence-electron chi connectivity index (χ2n) is 4.59. The summed E-state index contributed by atoms with van der Waals surface area (Å²) in [4.78, 5) is 4.16. The highest BCUT2D eigenvalue weighted by Gasteiger charge is 2.05. The van der Waals surface area contributed by atoms with Gasteiger partial charge in [0.15, 0.2) is 0 Å². The van der Waals surface area contributed by atoms with E-state index in [-0.39, 0.29) is 5.88 Å². The van der Waals surface area contributed by atoms with Crippen molar-refractivity contribution in [3.8, 4) is 5.75 Å². The third-order valence-corrected chi connectivity index (χ3v) is 3.42. The first-order valence-electron chi connectivity index (χ1n) is 6.77. The number of hydrogen-bond donors (Lipinski definition) is 1. The summed E-state index contributed by atoms with van der Waals surface area (Å²) < 4.78 is 7.71. The number of alkyl halides is 1. The number of halogens is 1. The first-order valence-corrected chi connectivity index (χ1v) is 7.30. The third kappa shape index (κ3) is 3.98. The van der Waals surface area contributed by atoms with Gasteiger partial charge in [0.05, 0.1) is 17.8 Å². The van der Waals surface area contributed by atoms with E-state index in [1.165, 1.54) is 0 Å². The first-order chi connectivity index (χ1) is 10.1. The molecule has 1 aromatic carbocycles. The van der Waals surface area contributed by atoms with Crippen LogP contribution in [0.1, 0.15) is 18.2 Å². The molecule has 0 atom stereocenters. The van der Waals surface area contributed by atoms with Crippen molar-refractivity contribution < 1.29 is 4.74 Å². The predicted octanol–water partition coefficient (Wildman–Crippen LogP) is 3.02. The van der Waals surface area contributed by atoms with Gasteiger partial charge < -0.3 is 10.5 Å². The molecule has 0 bridgehead atoms. The van der Waals surface area contributed by atoms with Gasteiger partial charge >= 0.3 is 0 Å². The summed E-state index contributed by atoms with van der Waals surface area (Å²) in [5.41, 5.74) is 8.57. The van der Waals surface area contributed by atoms with E-state index < -0.39 is 0 Å². The molecule has 21 heavy (non-hydrogen) atoms. The van der Waals surface area contributed by atoms with Crippen LogP contribution in [0.4, 0.5) is 5.69 Å². The van der Waals surface area contributed by atoms with Gasteiger partial charge in [-0.15, -0.1) is 11.6 Å². The van der Waals surface area contributed by atoms with Crippen molar-refractivity contribution in [2.24, 2.45) is 10.7 Å². The topological polar surface area (TPSA) is 65.4 Å². The van der Waals surface area contributed by atoms with E-state index in [0.717, 1.165) is 29.2 Å². The number of nitrogens with zero attached hydrogens (tertiary/aromatic N) is 3. The van der Waals surface area contributed by atoms with E-state index >= 15 is 0 Å². The number of benzene rings is 1. The molecule has 1 aromatic heterocycles. The fourth-order valence-corrected chi connectivity index (χ4v) is 1.98. The van der Waals surface area contributed by atoms with Gasteiger partial charge in [0.25, 0.3) is 0 Å². The molecule has 0 fully saturated rings. The summed E-state index contributed by atoms with van der Waals surface area (Å²) in [6, 6.07) is 7.41. The summed E-state index contributed by atoms with van der Waals surface area (Å²) >= 11 is 5.59. The van der Waals surface area contributed by atoms with Gasteiger partial charge in [-0.3, -0.25) is 4.68 Å². The van der Waals surface area contributed by atoms with Gasteiger partial charge in [0, 0.05) is 17.8 Å². The summed E-state index contributed by atoms with van der Waals surface area (Å²) in [6.45, 7) is 5.47. The zero-order valence-electron chi connectivity index (χ0n) is 12.2. The fourth-order valence-electron chi connectivity index (χ4n) is 1.92. The van der Waals surface area contributed by atoms with Gasteiger partial charge in [0.2, 0.25) is 0 Å². The average Bonchev–Trinajstić information content (AvgIpc) is 2.86. The Bertz CT molecular complexity index is 619. The second kappa shape index (κ2) is 7.13. The lowest BCUT2D eigenvalue weighted by molar-refractivity contribution is 0.305. The minimum atomic E-state index is 0.221. The molecule has 0 aliphatic heterocycles. The van der Waals surface area contributed by atoms with Crippen molar-refractivity contribution >= 4 is 23.1 Å². The molecule has 2 aromatic rings. The molecule has 0 saturated heterocycles. The SMILES string of the molecule is CCn1ncc(COc2ccc(N=C(N)CCl)cc2)c1C. The molecule has 2 N–H and O–H groups in total. The van der Waals surface area contributed by atoms with Crippen LogP contribution >= 0.6 is 11.6 Å². The molecule has 0 aliphatic rings. The molecular formula is C15H19ClN4O. The van der Waals surface area contributed by atoms with Gasteiger partial charge in [-0.25, -0.2) is 4.99 Å².